The second-order valence-corrected chi connectivity index (χ2v) is 17.7. The first-order chi connectivity index (χ1) is 27.1. The monoisotopic (exact) mass is 801 g/mol. The van der Waals surface area contributed by atoms with Crippen molar-refractivity contribution in [2.45, 2.75) is 98.0 Å². The van der Waals surface area contributed by atoms with E-state index >= 15 is 0 Å². The summed E-state index contributed by atoms with van der Waals surface area (Å²) in [5.74, 6) is -1.61. The van der Waals surface area contributed by atoms with Gasteiger partial charge in [0, 0.05) is 74.6 Å². The summed E-state index contributed by atoms with van der Waals surface area (Å²) in [7, 11) is 5.04. The Bertz CT molecular complexity index is 2020. The van der Waals surface area contributed by atoms with E-state index in [2.05, 4.69) is 60.9 Å². The van der Waals surface area contributed by atoms with Gasteiger partial charge in [-0.2, -0.15) is 0 Å². The third-order valence-electron chi connectivity index (χ3n) is 11.7. The number of hydrogen-bond acceptors (Lipinski definition) is 10. The van der Waals surface area contributed by atoms with Gasteiger partial charge in [-0.3, -0.25) is 34.2 Å². The second-order valence-electron chi connectivity index (χ2n) is 16.6. The lowest BCUT2D eigenvalue weighted by molar-refractivity contribution is -0.155. The fourth-order valence-corrected chi connectivity index (χ4v) is 9.62. The van der Waals surface area contributed by atoms with Gasteiger partial charge in [-0.1, -0.05) is 39.5 Å². The number of thioether (sulfide) groups is 1. The maximum absolute atomic E-state index is 14.3. The molecule has 0 radical (unpaired) electrons. The number of amides is 3. The number of cyclic esters (lactones) is 1. The zero-order valence-corrected chi connectivity index (χ0v) is 35.7. The molecule has 3 aliphatic heterocycles. The summed E-state index contributed by atoms with van der Waals surface area (Å²) < 4.78 is 14.2. The summed E-state index contributed by atoms with van der Waals surface area (Å²) in [5.41, 5.74) is 8.50. The smallest absolute Gasteiger partial charge is 0.324 e. The number of rotatable bonds is 9. The van der Waals surface area contributed by atoms with Gasteiger partial charge in [0.1, 0.15) is 12.1 Å². The lowest BCUT2D eigenvalue weighted by Crippen LogP contribution is -2.60. The Labute approximate surface area is 340 Å². The molecule has 7 atom stereocenters. The number of fused-ring (bicyclic) bond motifs is 5. The molecule has 1 saturated carbocycles. The van der Waals surface area contributed by atoms with Gasteiger partial charge in [0.15, 0.2) is 0 Å². The number of carbonyl (C=O) groups excluding carboxylic acids is 4. The highest BCUT2D eigenvalue weighted by Crippen LogP contribution is 2.47. The van der Waals surface area contributed by atoms with Crippen molar-refractivity contribution >= 4 is 63.2 Å². The summed E-state index contributed by atoms with van der Waals surface area (Å²) in [5, 5.41) is 6.30. The number of carbonyl (C=O) groups is 4. The lowest BCUT2D eigenvalue weighted by atomic mass is 9.84. The maximum Gasteiger partial charge on any atom is 0.324 e. The molecule has 3 amide bonds. The molecule has 14 heteroatoms. The van der Waals surface area contributed by atoms with Crippen molar-refractivity contribution in [3.05, 3.63) is 53.4 Å². The fraction of sp³-hybridized carbons (Fsp3) is 0.581. The van der Waals surface area contributed by atoms with E-state index < -0.39 is 35.3 Å². The van der Waals surface area contributed by atoms with Gasteiger partial charge in [0.2, 0.25) is 11.8 Å². The molecule has 6 rings (SSSR count). The number of aromatic nitrogens is 1. The van der Waals surface area contributed by atoms with Gasteiger partial charge < -0.3 is 24.3 Å². The summed E-state index contributed by atoms with van der Waals surface area (Å²) >= 11 is 1.59. The van der Waals surface area contributed by atoms with E-state index in [1.54, 1.807) is 39.2 Å². The zero-order valence-electron chi connectivity index (χ0n) is 34.9. The largest absolute Gasteiger partial charge is 0.464 e. The van der Waals surface area contributed by atoms with Crippen LogP contribution in [0.15, 0.2) is 46.5 Å². The Hall–Kier alpha value is -4.27. The van der Waals surface area contributed by atoms with Crippen LogP contribution in [0.1, 0.15) is 83.7 Å². The van der Waals surface area contributed by atoms with Crippen LogP contribution in [-0.2, 0) is 41.6 Å². The molecule has 4 aliphatic rings. The van der Waals surface area contributed by atoms with Crippen molar-refractivity contribution in [1.82, 2.24) is 25.2 Å². The van der Waals surface area contributed by atoms with E-state index in [1.807, 2.05) is 26.8 Å². The van der Waals surface area contributed by atoms with E-state index in [0.717, 1.165) is 44.0 Å². The van der Waals surface area contributed by atoms with E-state index in [9.17, 15) is 19.2 Å². The van der Waals surface area contributed by atoms with Gasteiger partial charge in [0.25, 0.3) is 5.91 Å². The SMILES string of the molecule is C=C/C(=C(\N=C/C)[C@H](C)OC)c1c2c3cc(ccc3n1CC)C1CSC(=N1)C[C@H](NC(=O)[C@@H]1[C@@H](C)[C@H]1C(=O)N(C)C)C(=O)N1CCC[C@H](N1)C(=O)OCC(C)(C)C2. The van der Waals surface area contributed by atoms with Crippen LogP contribution in [-0.4, -0.2) is 108 Å². The predicted octanol–water partition coefficient (Wildman–Crippen LogP) is 5.34. The Balaban J connectivity index is 1.45. The van der Waals surface area contributed by atoms with Gasteiger partial charge in [0.05, 0.1) is 47.0 Å². The molecule has 1 aromatic carbocycles. The molecule has 57 heavy (non-hydrogen) atoms. The normalized spacial score (nSPS) is 27.3. The number of allylic oxidation sites excluding steroid dienone is 2. The first kappa shape index (κ1) is 42.3. The minimum atomic E-state index is -0.945. The second kappa shape index (κ2) is 17.3. The molecule has 0 spiro atoms. The van der Waals surface area contributed by atoms with Crippen LogP contribution in [0.3, 0.4) is 0 Å². The lowest BCUT2D eigenvalue weighted by Gasteiger charge is -2.35. The van der Waals surface area contributed by atoms with Crippen LogP contribution in [0, 0.1) is 23.2 Å². The number of methoxy groups -OCH3 is 1. The number of nitrogens with one attached hydrogen (secondary N) is 2. The van der Waals surface area contributed by atoms with Crippen molar-refractivity contribution in [3.63, 3.8) is 0 Å². The predicted molar refractivity (Wildman–Crippen MR) is 226 cm³/mol. The van der Waals surface area contributed by atoms with Crippen LogP contribution in [0.25, 0.3) is 16.5 Å². The van der Waals surface area contributed by atoms with E-state index in [0.29, 0.717) is 38.1 Å². The molecule has 308 valence electrons. The van der Waals surface area contributed by atoms with Crippen molar-refractivity contribution in [2.75, 3.05) is 40.1 Å². The van der Waals surface area contributed by atoms with Crippen molar-refractivity contribution in [3.8, 4) is 0 Å². The first-order valence-electron chi connectivity index (χ1n) is 20.1. The maximum atomic E-state index is 14.3. The van der Waals surface area contributed by atoms with Crippen molar-refractivity contribution in [1.29, 1.82) is 0 Å². The zero-order chi connectivity index (χ0) is 41.3. The molecular formula is C43H59N7O6S. The van der Waals surface area contributed by atoms with Crippen LogP contribution in [0.5, 0.6) is 0 Å². The summed E-state index contributed by atoms with van der Waals surface area (Å²) in [6.07, 6.45) is 5.20. The molecule has 2 N–H and O–H groups in total. The number of aryl methyl sites for hydroxylation is 1. The van der Waals surface area contributed by atoms with Crippen LogP contribution in [0.4, 0.5) is 0 Å². The topological polar surface area (TPSA) is 147 Å². The number of ether oxygens (including phenoxy) is 2. The summed E-state index contributed by atoms with van der Waals surface area (Å²) in [6.45, 7) is 17.6. The number of esters is 1. The number of nitrogens with zero attached hydrogens (tertiary/aromatic N) is 5. The number of aliphatic imine (C=N–C) groups is 2. The van der Waals surface area contributed by atoms with Gasteiger partial charge in [-0.25, -0.2) is 5.43 Å². The molecule has 1 saturated heterocycles. The van der Waals surface area contributed by atoms with Crippen LogP contribution < -0.4 is 10.7 Å². The third kappa shape index (κ3) is 8.63. The fourth-order valence-electron chi connectivity index (χ4n) is 8.52. The Kier molecular flexibility index (Phi) is 12.8. The van der Waals surface area contributed by atoms with E-state index in [4.69, 9.17) is 19.5 Å². The Morgan fingerprint density at radius 2 is 2.02 bits per heavy atom. The van der Waals surface area contributed by atoms with Crippen molar-refractivity contribution in [2.24, 2.45) is 33.2 Å². The quantitative estimate of drug-likeness (QED) is 0.197. The molecular weight excluding hydrogens is 743 g/mol. The van der Waals surface area contributed by atoms with E-state index in [-0.39, 0.29) is 48.8 Å². The molecule has 1 aliphatic carbocycles. The highest BCUT2D eigenvalue weighted by atomic mass is 32.2. The summed E-state index contributed by atoms with van der Waals surface area (Å²) in [6, 6.07) is 4.67. The van der Waals surface area contributed by atoms with Crippen LogP contribution >= 0.6 is 11.8 Å². The Morgan fingerprint density at radius 3 is 2.68 bits per heavy atom. The van der Waals surface area contributed by atoms with E-state index in [1.165, 1.54) is 9.91 Å². The number of benzene rings is 1. The highest BCUT2D eigenvalue weighted by Gasteiger charge is 2.57. The Morgan fingerprint density at radius 1 is 1.26 bits per heavy atom. The average molecular weight is 802 g/mol. The molecule has 2 aromatic rings. The molecule has 2 fully saturated rings. The molecule has 4 heterocycles. The molecule has 1 unspecified atom stereocenters. The molecule has 1 aromatic heterocycles. The van der Waals surface area contributed by atoms with Crippen molar-refractivity contribution < 1.29 is 28.7 Å². The third-order valence-corrected chi connectivity index (χ3v) is 12.8. The van der Waals surface area contributed by atoms with Gasteiger partial charge >= 0.3 is 5.97 Å². The number of hydrazine groups is 1. The molecule has 6 bridgehead atoms. The highest BCUT2D eigenvalue weighted by molar-refractivity contribution is 8.14. The minimum absolute atomic E-state index is 0.0998. The molecule has 13 nitrogen and oxygen atoms in total. The summed E-state index contributed by atoms with van der Waals surface area (Å²) in [4.78, 5) is 66.0. The standard InChI is InChI=1S/C43H59N7O6S/c1-11-27(37(44-12-2)25(5)55-10)38-29-21-43(6,7)23-56-42(54)30-15-14-18-50(47-30)40(52)31(46-39(51)35-24(4)36(35)41(53)48(8)9)20-34-45-32(22-57-34)26-16-17-33(28(29)19-26)49(38)13-3/h11-12,16-17,19,24-25,30-32,35-36,47H,1,13-15,18,20-23H2,2-10H3,(H,46,51)/b37-27+,44-12-/t24-,25+,30+,31+,32?,35-,36-/m1/s1. The first-order valence-corrected chi connectivity index (χ1v) is 21.1. The van der Waals surface area contributed by atoms with Crippen LogP contribution in [0.2, 0.25) is 0 Å². The minimum Gasteiger partial charge on any atom is -0.464 e. The number of hydrogen-bond donors (Lipinski definition) is 2. The van der Waals surface area contributed by atoms with Gasteiger partial charge in [-0.05, 0) is 69.2 Å². The average Bonchev–Trinajstić information content (AvgIpc) is 3.49. The van der Waals surface area contributed by atoms with Gasteiger partial charge in [-0.15, -0.1) is 11.8 Å².